The van der Waals surface area contributed by atoms with E-state index in [2.05, 4.69) is 5.32 Å². The Balaban J connectivity index is 2.22. The van der Waals surface area contributed by atoms with Crippen LogP contribution >= 0.6 is 0 Å². The molecule has 0 aromatic heterocycles. The van der Waals surface area contributed by atoms with Crippen LogP contribution in [0.15, 0.2) is 0 Å². The number of aliphatic carboxylic acids is 1. The van der Waals surface area contributed by atoms with Crippen molar-refractivity contribution in [1.82, 2.24) is 13.9 Å². The van der Waals surface area contributed by atoms with Crippen LogP contribution in [0.1, 0.15) is 26.7 Å². The Morgan fingerprint density at radius 3 is 2.56 bits per heavy atom. The highest BCUT2D eigenvalue weighted by Gasteiger charge is 2.54. The quantitative estimate of drug-likeness (QED) is 0.163. The van der Waals surface area contributed by atoms with Crippen molar-refractivity contribution in [2.45, 2.75) is 56.7 Å². The molecule has 2 heterocycles. The zero-order valence-corrected chi connectivity index (χ0v) is 19.2. The second-order valence-electron chi connectivity index (χ2n) is 8.47. The Kier molecular flexibility index (Phi) is 9.03. The molecule has 5 atom stereocenters. The van der Waals surface area contributed by atoms with Gasteiger partial charge in [-0.2, -0.15) is 17.0 Å². The van der Waals surface area contributed by atoms with Crippen molar-refractivity contribution >= 4 is 29.2 Å². The van der Waals surface area contributed by atoms with E-state index in [9.17, 15) is 23.1 Å². The van der Waals surface area contributed by atoms with Crippen molar-refractivity contribution in [2.24, 2.45) is 17.4 Å². The van der Waals surface area contributed by atoms with E-state index < -0.39 is 65.3 Å². The normalized spacial score (nSPS) is 29.9. The Hall–Kier alpha value is -1.33. The number of nitrogens with zero attached hydrogens (tertiary/aromatic N) is 2. The van der Waals surface area contributed by atoms with Gasteiger partial charge in [-0.3, -0.25) is 9.59 Å². The van der Waals surface area contributed by atoms with E-state index >= 15 is 0 Å². The van der Waals surface area contributed by atoms with Gasteiger partial charge in [-0.1, -0.05) is 13.3 Å². The van der Waals surface area contributed by atoms with Crippen LogP contribution in [0.25, 0.3) is 0 Å². The van der Waals surface area contributed by atoms with Crippen molar-refractivity contribution in [3.05, 3.63) is 0 Å². The number of nitrogens with one attached hydrogen (secondary N) is 1. The number of carboxylic acids is 1. The largest absolute Gasteiger partial charge is 0.480 e. The van der Waals surface area contributed by atoms with Crippen LogP contribution in [0, 0.1) is 5.92 Å². The van der Waals surface area contributed by atoms with E-state index in [4.69, 9.17) is 26.3 Å². The van der Waals surface area contributed by atoms with Gasteiger partial charge in [-0.25, -0.2) is 0 Å². The molecular formula is C17H34BN5O8S. The second-order valence-corrected chi connectivity index (χ2v) is 10.3. The molecule has 13 nitrogen and oxygen atoms in total. The summed E-state index contributed by atoms with van der Waals surface area (Å²) in [6.07, 6.45) is 0.528. The SMILES string of the molecule is CCN([C@H]1COCC1NC(=O)[C@H](C)N)S(=O)(=O)N1C[C@H](CCCB(O)O)[C@](N)(C(=O)O)C1. The summed E-state index contributed by atoms with van der Waals surface area (Å²) in [5.74, 6) is -2.46. The van der Waals surface area contributed by atoms with Crippen LogP contribution in [0.4, 0.5) is 0 Å². The third kappa shape index (κ3) is 5.77. The smallest absolute Gasteiger partial charge is 0.451 e. The van der Waals surface area contributed by atoms with Gasteiger partial charge in [0.1, 0.15) is 5.54 Å². The van der Waals surface area contributed by atoms with Crippen molar-refractivity contribution in [3.63, 3.8) is 0 Å². The summed E-state index contributed by atoms with van der Waals surface area (Å²) in [6, 6.07) is -2.06. The number of hydrogen-bond donors (Lipinski definition) is 6. The van der Waals surface area contributed by atoms with Gasteiger partial charge < -0.3 is 36.7 Å². The standard InChI is InChI=1S/C17H34BN5O8S/c1-3-23(14-9-31-8-13(14)21-15(24)11(2)19)32(29,30)22-7-12(5-4-6-18(27)28)17(20,10-22)16(25)26/h11-14,27-28H,3-10,19-20H2,1-2H3,(H,21,24)(H,25,26)/t11-,12-,13?,14-,17-/m0/s1. The minimum atomic E-state index is -4.14. The Morgan fingerprint density at radius 1 is 1.38 bits per heavy atom. The first kappa shape index (κ1) is 26.9. The lowest BCUT2D eigenvalue weighted by Crippen LogP contribution is -2.58. The molecule has 0 radical (unpaired) electrons. The van der Waals surface area contributed by atoms with Gasteiger partial charge in [0.05, 0.1) is 31.3 Å². The van der Waals surface area contributed by atoms with E-state index in [1.54, 1.807) is 6.92 Å². The molecule has 2 aliphatic rings. The second kappa shape index (κ2) is 10.7. The zero-order chi connectivity index (χ0) is 24.3. The van der Waals surface area contributed by atoms with E-state index in [1.807, 2.05) is 0 Å². The van der Waals surface area contributed by atoms with Crippen molar-refractivity contribution < 1.29 is 37.9 Å². The maximum absolute atomic E-state index is 13.5. The average molecular weight is 479 g/mol. The maximum Gasteiger partial charge on any atom is 0.451 e. The summed E-state index contributed by atoms with van der Waals surface area (Å²) in [6.45, 7) is 2.88. The molecule has 2 saturated heterocycles. The number of rotatable bonds is 11. The number of carbonyl (C=O) groups excluding carboxylic acids is 1. The van der Waals surface area contributed by atoms with Crippen molar-refractivity contribution in [2.75, 3.05) is 32.8 Å². The topological polar surface area (TPSA) is 209 Å². The van der Waals surface area contributed by atoms with E-state index in [0.717, 1.165) is 4.31 Å². The molecule has 0 saturated carbocycles. The minimum absolute atomic E-state index is 0.0282. The van der Waals surface area contributed by atoms with Gasteiger partial charge in [0, 0.05) is 25.6 Å². The first-order chi connectivity index (χ1) is 14.8. The summed E-state index contributed by atoms with van der Waals surface area (Å²) in [7, 11) is -5.67. The molecule has 15 heteroatoms. The summed E-state index contributed by atoms with van der Waals surface area (Å²) < 4.78 is 34.6. The van der Waals surface area contributed by atoms with Crippen LogP contribution in [0.3, 0.4) is 0 Å². The van der Waals surface area contributed by atoms with Crippen LogP contribution in [-0.4, -0.2) is 108 Å². The summed E-state index contributed by atoms with van der Waals surface area (Å²) in [4.78, 5) is 23.9. The molecule has 2 rings (SSSR count). The number of ether oxygens (including phenoxy) is 1. The highest BCUT2D eigenvalue weighted by atomic mass is 32.2. The average Bonchev–Trinajstić information content (AvgIpc) is 3.27. The number of carboxylic acid groups (broad SMARTS) is 1. The first-order valence-electron chi connectivity index (χ1n) is 10.6. The molecule has 0 aliphatic carbocycles. The third-order valence-electron chi connectivity index (χ3n) is 6.10. The Morgan fingerprint density at radius 2 is 2.03 bits per heavy atom. The predicted molar refractivity (Wildman–Crippen MR) is 115 cm³/mol. The highest BCUT2D eigenvalue weighted by molar-refractivity contribution is 7.86. The molecule has 0 bridgehead atoms. The molecule has 1 amide bonds. The van der Waals surface area contributed by atoms with Gasteiger partial charge in [-0.05, 0) is 19.7 Å². The number of amides is 1. The van der Waals surface area contributed by atoms with Crippen LogP contribution in [-0.2, 0) is 24.5 Å². The molecule has 1 unspecified atom stereocenters. The van der Waals surface area contributed by atoms with E-state index in [1.165, 1.54) is 11.2 Å². The minimum Gasteiger partial charge on any atom is -0.480 e. The van der Waals surface area contributed by atoms with Gasteiger partial charge in [0.2, 0.25) is 5.91 Å². The molecule has 184 valence electrons. The lowest BCUT2D eigenvalue weighted by Gasteiger charge is -2.33. The molecule has 8 N–H and O–H groups in total. The zero-order valence-electron chi connectivity index (χ0n) is 18.4. The molecule has 2 fully saturated rings. The van der Waals surface area contributed by atoms with Gasteiger partial charge in [0.25, 0.3) is 10.2 Å². The van der Waals surface area contributed by atoms with E-state index in [0.29, 0.717) is 0 Å². The van der Waals surface area contributed by atoms with Crippen LogP contribution in [0.5, 0.6) is 0 Å². The van der Waals surface area contributed by atoms with Crippen LogP contribution in [0.2, 0.25) is 6.32 Å². The number of nitrogens with two attached hydrogens (primary N) is 2. The van der Waals surface area contributed by atoms with E-state index in [-0.39, 0.29) is 45.5 Å². The molecule has 2 aliphatic heterocycles. The number of carbonyl (C=O) groups is 2. The lowest BCUT2D eigenvalue weighted by molar-refractivity contribution is -0.144. The third-order valence-corrected chi connectivity index (χ3v) is 8.15. The number of likely N-dealkylation sites (N-methyl/N-ethyl adjacent to an activating group) is 1. The molecule has 0 spiro atoms. The maximum atomic E-state index is 13.5. The monoisotopic (exact) mass is 479 g/mol. The predicted octanol–water partition coefficient (Wildman–Crippen LogP) is -3.25. The fraction of sp³-hybridized carbons (Fsp3) is 0.882. The van der Waals surface area contributed by atoms with Gasteiger partial charge >= 0.3 is 13.1 Å². The fourth-order valence-corrected chi connectivity index (χ4v) is 6.12. The van der Waals surface area contributed by atoms with Crippen LogP contribution < -0.4 is 16.8 Å². The highest BCUT2D eigenvalue weighted by Crippen LogP contribution is 2.34. The summed E-state index contributed by atoms with van der Waals surface area (Å²) in [5, 5.41) is 30.5. The molecular weight excluding hydrogens is 445 g/mol. The van der Waals surface area contributed by atoms with Gasteiger partial charge in [-0.15, -0.1) is 0 Å². The fourth-order valence-electron chi connectivity index (χ4n) is 4.20. The first-order valence-corrected chi connectivity index (χ1v) is 12.0. The summed E-state index contributed by atoms with van der Waals surface area (Å²) in [5.41, 5.74) is 9.91. The molecule has 0 aromatic carbocycles. The van der Waals surface area contributed by atoms with Crippen molar-refractivity contribution in [1.29, 1.82) is 0 Å². The molecule has 0 aromatic rings. The summed E-state index contributed by atoms with van der Waals surface area (Å²) >= 11 is 0. The number of hydrogen-bond acceptors (Lipinski definition) is 9. The van der Waals surface area contributed by atoms with Gasteiger partial charge in [0.15, 0.2) is 0 Å². The Bertz CT molecular complexity index is 785. The molecule has 32 heavy (non-hydrogen) atoms. The Labute approximate surface area is 188 Å². The van der Waals surface area contributed by atoms with Crippen molar-refractivity contribution in [3.8, 4) is 0 Å². The lowest BCUT2D eigenvalue weighted by atomic mass is 9.78.